The number of ether oxygens (including phenoxy) is 2. The van der Waals surface area contributed by atoms with Crippen LogP contribution >= 0.6 is 0 Å². The molecule has 0 aliphatic rings. The maximum absolute atomic E-state index is 13.0. The highest BCUT2D eigenvalue weighted by Gasteiger charge is 2.29. The molecule has 2 N–H and O–H groups in total. The number of benzene rings is 1. The normalized spacial score (nSPS) is 12.7. The third kappa shape index (κ3) is 9.91. The van der Waals surface area contributed by atoms with Crippen LogP contribution in [-0.2, 0) is 25.7 Å². The highest BCUT2D eigenvalue weighted by molar-refractivity contribution is 5.92. The number of esters is 1. The Hall–Kier alpha value is -2.64. The maximum atomic E-state index is 13.0. The van der Waals surface area contributed by atoms with Crippen LogP contribution in [-0.4, -0.2) is 35.2 Å². The van der Waals surface area contributed by atoms with Gasteiger partial charge in [-0.25, -0.2) is 14.0 Å². The summed E-state index contributed by atoms with van der Waals surface area (Å²) in [4.78, 5) is 36.8. The lowest BCUT2D eigenvalue weighted by atomic mass is 10.1. The fraction of sp³-hybridized carbons (Fsp3) is 0.571. The summed E-state index contributed by atoms with van der Waals surface area (Å²) in [6, 6.07) is 5.46. The molecule has 29 heavy (non-hydrogen) atoms. The first kappa shape index (κ1) is 24.4. The number of hydrogen-bond donors (Lipinski definition) is 2. The summed E-state index contributed by atoms with van der Waals surface area (Å²) in [6.07, 6.45) is -0.866. The number of carbonyl (C=O) groups is 3. The minimum absolute atomic E-state index is 0.00220. The zero-order valence-electron chi connectivity index (χ0n) is 17.9. The lowest BCUT2D eigenvalue weighted by Crippen LogP contribution is -2.46. The molecular weight excluding hydrogens is 379 g/mol. The van der Waals surface area contributed by atoms with Crippen LogP contribution in [0.4, 0.5) is 14.9 Å². The second-order valence-electron chi connectivity index (χ2n) is 8.61. The number of alkyl halides is 1. The molecule has 0 saturated carbocycles. The number of rotatable bonds is 7. The van der Waals surface area contributed by atoms with E-state index in [0.29, 0.717) is 11.3 Å². The molecule has 2 amide bonds. The number of hydrogen-bond acceptors (Lipinski definition) is 5. The average molecular weight is 410 g/mol. The molecule has 1 rings (SSSR count). The fourth-order valence-corrected chi connectivity index (χ4v) is 2.32. The number of nitrogens with one attached hydrogen (secondary N) is 2. The van der Waals surface area contributed by atoms with Crippen LogP contribution in [0.25, 0.3) is 0 Å². The fourth-order valence-electron chi connectivity index (χ4n) is 2.32. The summed E-state index contributed by atoms with van der Waals surface area (Å²) in [5.74, 6) is -1.08. The first-order chi connectivity index (χ1) is 13.3. The van der Waals surface area contributed by atoms with E-state index < -0.39 is 41.9 Å². The lowest BCUT2D eigenvalue weighted by Gasteiger charge is -2.26. The van der Waals surface area contributed by atoms with Gasteiger partial charge in [-0.05, 0) is 54.0 Å². The topological polar surface area (TPSA) is 93.7 Å². The predicted molar refractivity (Wildman–Crippen MR) is 108 cm³/mol. The Morgan fingerprint density at radius 3 is 2.14 bits per heavy atom. The van der Waals surface area contributed by atoms with Gasteiger partial charge in [0.15, 0.2) is 0 Å². The van der Waals surface area contributed by atoms with Crippen LogP contribution in [0.5, 0.6) is 0 Å². The van der Waals surface area contributed by atoms with Gasteiger partial charge in [-0.1, -0.05) is 18.2 Å². The Morgan fingerprint density at radius 2 is 1.59 bits per heavy atom. The van der Waals surface area contributed by atoms with E-state index in [0.717, 1.165) is 0 Å². The smallest absolute Gasteiger partial charge is 0.408 e. The van der Waals surface area contributed by atoms with E-state index in [1.54, 1.807) is 65.8 Å². The van der Waals surface area contributed by atoms with Gasteiger partial charge in [-0.15, -0.1) is 0 Å². The molecule has 0 heterocycles. The van der Waals surface area contributed by atoms with Crippen LogP contribution in [0.3, 0.4) is 0 Å². The van der Waals surface area contributed by atoms with Gasteiger partial charge in [0.2, 0.25) is 5.91 Å². The van der Waals surface area contributed by atoms with Crippen molar-refractivity contribution in [3.05, 3.63) is 29.8 Å². The van der Waals surface area contributed by atoms with Gasteiger partial charge in [0.05, 0.1) is 0 Å². The Kier molecular flexibility index (Phi) is 8.60. The first-order valence-corrected chi connectivity index (χ1v) is 9.47. The quantitative estimate of drug-likeness (QED) is 0.660. The molecule has 0 aliphatic heterocycles. The summed E-state index contributed by atoms with van der Waals surface area (Å²) < 4.78 is 23.5. The molecule has 0 unspecified atom stereocenters. The highest BCUT2D eigenvalue weighted by atomic mass is 19.1. The summed E-state index contributed by atoms with van der Waals surface area (Å²) in [5, 5.41) is 5.08. The van der Waals surface area contributed by atoms with Crippen molar-refractivity contribution in [2.45, 2.75) is 78.3 Å². The molecule has 0 aromatic heterocycles. The summed E-state index contributed by atoms with van der Waals surface area (Å²) >= 11 is 0. The van der Waals surface area contributed by atoms with Gasteiger partial charge >= 0.3 is 12.1 Å². The highest BCUT2D eigenvalue weighted by Crippen LogP contribution is 2.17. The molecule has 0 saturated heterocycles. The van der Waals surface area contributed by atoms with Crippen molar-refractivity contribution in [3.8, 4) is 0 Å². The van der Waals surface area contributed by atoms with E-state index in [2.05, 4.69) is 10.6 Å². The third-order valence-electron chi connectivity index (χ3n) is 3.48. The van der Waals surface area contributed by atoms with Crippen LogP contribution in [0.1, 0.15) is 59.9 Å². The minimum atomic E-state index is -1.06. The molecule has 0 bridgehead atoms. The number of carbonyl (C=O) groups excluding carboxylic acids is 3. The second kappa shape index (κ2) is 10.2. The van der Waals surface area contributed by atoms with Crippen molar-refractivity contribution in [2.75, 3.05) is 5.32 Å². The zero-order valence-corrected chi connectivity index (χ0v) is 17.9. The number of amides is 2. The SMILES string of the molecule is CC(C)(C)OC(=O)N[C@@H](CCC(=O)Nc1ccccc1CF)C(=O)OC(C)(C)C. The van der Waals surface area contributed by atoms with E-state index in [9.17, 15) is 18.8 Å². The average Bonchev–Trinajstić information content (AvgIpc) is 2.55. The van der Waals surface area contributed by atoms with E-state index in [1.165, 1.54) is 0 Å². The molecule has 0 spiro atoms. The Morgan fingerprint density at radius 1 is 1.00 bits per heavy atom. The molecule has 1 atom stereocenters. The third-order valence-corrected chi connectivity index (χ3v) is 3.48. The molecule has 162 valence electrons. The van der Waals surface area contributed by atoms with Gasteiger partial charge in [0, 0.05) is 17.7 Å². The van der Waals surface area contributed by atoms with Crippen molar-refractivity contribution in [1.82, 2.24) is 5.32 Å². The van der Waals surface area contributed by atoms with Gasteiger partial charge in [-0.2, -0.15) is 0 Å². The molecule has 0 radical (unpaired) electrons. The first-order valence-electron chi connectivity index (χ1n) is 9.47. The van der Waals surface area contributed by atoms with E-state index >= 15 is 0 Å². The van der Waals surface area contributed by atoms with E-state index in [-0.39, 0.29) is 12.8 Å². The van der Waals surface area contributed by atoms with Crippen LogP contribution in [0, 0.1) is 0 Å². The monoisotopic (exact) mass is 410 g/mol. The molecule has 0 fully saturated rings. The van der Waals surface area contributed by atoms with Gasteiger partial charge in [0.1, 0.15) is 23.9 Å². The molecule has 7 nitrogen and oxygen atoms in total. The number of anilines is 1. The van der Waals surface area contributed by atoms with Crippen molar-refractivity contribution in [2.24, 2.45) is 0 Å². The number of para-hydroxylation sites is 1. The molecule has 8 heteroatoms. The van der Waals surface area contributed by atoms with Crippen molar-refractivity contribution in [1.29, 1.82) is 0 Å². The van der Waals surface area contributed by atoms with Crippen LogP contribution in [0.15, 0.2) is 24.3 Å². The number of halogens is 1. The Bertz CT molecular complexity index is 723. The van der Waals surface area contributed by atoms with Crippen molar-refractivity contribution < 1.29 is 28.2 Å². The van der Waals surface area contributed by atoms with E-state index in [1.807, 2.05) is 0 Å². The summed E-state index contributed by atoms with van der Waals surface area (Å²) in [5.41, 5.74) is -0.770. The van der Waals surface area contributed by atoms with Crippen LogP contribution in [0.2, 0.25) is 0 Å². The van der Waals surface area contributed by atoms with Gasteiger partial charge in [-0.3, -0.25) is 4.79 Å². The molecule has 1 aromatic rings. The molecule has 1 aromatic carbocycles. The summed E-state index contributed by atoms with van der Waals surface area (Å²) in [7, 11) is 0. The second-order valence-corrected chi connectivity index (χ2v) is 8.61. The summed E-state index contributed by atoms with van der Waals surface area (Å²) in [6.45, 7) is 9.50. The molecule has 0 aliphatic carbocycles. The standard InChI is InChI=1S/C21H31FN2O5/c1-20(2,3)28-18(26)16(24-19(27)29-21(4,5)6)11-12-17(25)23-15-10-8-7-9-14(15)13-22/h7-10,16H,11-13H2,1-6H3,(H,23,25)(H,24,27)/t16-/m0/s1. The predicted octanol–water partition coefficient (Wildman–Crippen LogP) is 4.11. The van der Waals surface area contributed by atoms with Gasteiger partial charge in [0.25, 0.3) is 0 Å². The van der Waals surface area contributed by atoms with Crippen molar-refractivity contribution >= 4 is 23.7 Å². The lowest BCUT2D eigenvalue weighted by molar-refractivity contribution is -0.157. The maximum Gasteiger partial charge on any atom is 0.408 e. The largest absolute Gasteiger partial charge is 0.458 e. The Labute approximate surface area is 171 Å². The van der Waals surface area contributed by atoms with Crippen LogP contribution < -0.4 is 10.6 Å². The minimum Gasteiger partial charge on any atom is -0.458 e. The van der Waals surface area contributed by atoms with Crippen molar-refractivity contribution in [3.63, 3.8) is 0 Å². The van der Waals surface area contributed by atoms with Gasteiger partial charge < -0.3 is 20.1 Å². The zero-order chi connectivity index (χ0) is 22.2. The Balaban J connectivity index is 2.78. The molecular formula is C21H31FN2O5. The van der Waals surface area contributed by atoms with E-state index in [4.69, 9.17) is 9.47 Å². The number of alkyl carbamates (subject to hydrolysis) is 1.